The van der Waals surface area contributed by atoms with E-state index in [1.54, 1.807) is 48.3 Å². The van der Waals surface area contributed by atoms with Crippen LogP contribution in [0.25, 0.3) is 11.1 Å². The molecule has 17 heteroatoms. The number of carbonyl (C=O) groups is 1. The van der Waals surface area contributed by atoms with Gasteiger partial charge in [-0.3, -0.25) is 18.9 Å². The molecule has 0 saturated carbocycles. The minimum Gasteiger partial charge on any atom is -0.495 e. The minimum absolute atomic E-state index is 0.0205. The van der Waals surface area contributed by atoms with Gasteiger partial charge in [0.2, 0.25) is 5.95 Å². The first-order valence-corrected chi connectivity index (χ1v) is 15.8. The molecule has 4 aromatic rings. The molecule has 0 fully saturated rings. The summed E-state index contributed by atoms with van der Waals surface area (Å²) in [6, 6.07) is 9.43. The first-order chi connectivity index (χ1) is 22.0. The molecule has 0 aliphatic carbocycles. The molecule has 0 spiro atoms. The highest BCUT2D eigenvalue weighted by Gasteiger charge is 2.36. The van der Waals surface area contributed by atoms with Crippen LogP contribution in [0.1, 0.15) is 34.8 Å². The lowest BCUT2D eigenvalue weighted by Crippen LogP contribution is -2.23. The third-order valence-corrected chi connectivity index (χ3v) is 8.79. The monoisotopic (exact) mass is 661 g/mol. The summed E-state index contributed by atoms with van der Waals surface area (Å²) < 4.78 is 74.3. The summed E-state index contributed by atoms with van der Waals surface area (Å²) in [6.45, 7) is 2.45. The second kappa shape index (κ2) is 13.9. The number of anilines is 4. The number of benzene rings is 2. The van der Waals surface area contributed by atoms with Crippen molar-refractivity contribution in [3.63, 3.8) is 0 Å². The van der Waals surface area contributed by atoms with Gasteiger partial charge < -0.3 is 24.4 Å². The van der Waals surface area contributed by atoms with Crippen molar-refractivity contribution in [3.8, 4) is 16.9 Å². The Hall–Kier alpha value is -4.50. The summed E-state index contributed by atoms with van der Waals surface area (Å²) in [7, 11) is -0.910. The Morgan fingerprint density at radius 1 is 1.11 bits per heavy atom. The van der Waals surface area contributed by atoms with Gasteiger partial charge in [-0.15, -0.1) is 0 Å². The Labute approximate surface area is 261 Å². The van der Waals surface area contributed by atoms with Gasteiger partial charge in [-0.2, -0.15) is 23.3 Å². The standard InChI is InChI=1S/C29H31F3N7O6P/c1-4-44-46(41)17-18-6-8-24(25(12-18)42-2)36-28-33-15-22(29(30,31)32)26(37-28)35-23-9-7-19(13-21(23)27(40)38-43-3)20-14-34-39(16-20)10-5-11-45-46/h6-9,12-16H,4-5,10-11,17H2,1-3H3,(H,38,40)(H2,33,35,36,37)/t46-/m0/s1. The van der Waals surface area contributed by atoms with Gasteiger partial charge in [-0.1, -0.05) is 12.1 Å². The summed E-state index contributed by atoms with van der Waals surface area (Å²) in [6.07, 6.45) is -0.443. The lowest BCUT2D eigenvalue weighted by atomic mass is 10.0. The van der Waals surface area contributed by atoms with Crippen LogP contribution in [0.3, 0.4) is 0 Å². The molecule has 46 heavy (non-hydrogen) atoms. The van der Waals surface area contributed by atoms with Crippen molar-refractivity contribution in [1.29, 1.82) is 0 Å². The molecule has 6 heterocycles. The minimum atomic E-state index is -4.83. The van der Waals surface area contributed by atoms with E-state index in [0.717, 1.165) is 0 Å². The van der Waals surface area contributed by atoms with Gasteiger partial charge in [0.1, 0.15) is 17.1 Å². The SMILES string of the molecule is CCO[P@@]1(=O)Cc2ccc(c(OC)c2)Nc2ncc(C(F)(F)F)c(n2)Nc2ccc(cc2C(=O)NOC)-c2cnn(c2)CCCO1. The zero-order valence-electron chi connectivity index (χ0n) is 25.1. The summed E-state index contributed by atoms with van der Waals surface area (Å²) in [4.78, 5) is 25.7. The van der Waals surface area contributed by atoms with E-state index in [-0.39, 0.29) is 42.3 Å². The molecule has 1 atom stereocenters. The van der Waals surface area contributed by atoms with Crippen LogP contribution in [-0.2, 0) is 37.3 Å². The second-order valence-electron chi connectivity index (χ2n) is 10.00. The maximum Gasteiger partial charge on any atom is 0.421 e. The number of hydroxylamine groups is 1. The number of nitrogens with zero attached hydrogens (tertiary/aromatic N) is 4. The van der Waals surface area contributed by atoms with Crippen LogP contribution in [0.2, 0.25) is 0 Å². The largest absolute Gasteiger partial charge is 0.495 e. The van der Waals surface area contributed by atoms with Crippen LogP contribution in [0.4, 0.5) is 36.3 Å². The number of nitrogens with one attached hydrogen (secondary N) is 3. The first kappa shape index (κ1) is 32.9. The molecule has 4 aliphatic heterocycles. The van der Waals surface area contributed by atoms with Crippen molar-refractivity contribution in [2.75, 3.05) is 38.1 Å². The molecule has 4 aliphatic rings. The van der Waals surface area contributed by atoms with E-state index >= 15 is 0 Å². The zero-order valence-corrected chi connectivity index (χ0v) is 25.9. The highest BCUT2D eigenvalue weighted by Crippen LogP contribution is 2.52. The smallest absolute Gasteiger partial charge is 0.421 e. The van der Waals surface area contributed by atoms with Crippen LogP contribution < -0.4 is 20.9 Å². The number of rotatable bonds is 5. The fourth-order valence-corrected chi connectivity index (χ4v) is 6.41. The molecular formula is C29H31F3N7O6P. The van der Waals surface area contributed by atoms with Crippen LogP contribution in [0.5, 0.6) is 5.75 Å². The summed E-state index contributed by atoms with van der Waals surface area (Å²) in [5, 5.41) is 9.90. The van der Waals surface area contributed by atoms with Crippen molar-refractivity contribution >= 4 is 36.6 Å². The highest BCUT2D eigenvalue weighted by molar-refractivity contribution is 7.53. The summed E-state index contributed by atoms with van der Waals surface area (Å²) >= 11 is 0. The number of methoxy groups -OCH3 is 1. The van der Waals surface area contributed by atoms with Crippen molar-refractivity contribution in [2.24, 2.45) is 0 Å². The highest BCUT2D eigenvalue weighted by atomic mass is 31.2. The van der Waals surface area contributed by atoms with Gasteiger partial charge >= 0.3 is 13.8 Å². The molecular weight excluding hydrogens is 630 g/mol. The molecule has 1 amide bonds. The predicted molar refractivity (Wildman–Crippen MR) is 162 cm³/mol. The van der Waals surface area contributed by atoms with Gasteiger partial charge in [0, 0.05) is 24.5 Å². The zero-order chi connectivity index (χ0) is 32.9. The number of aryl methyl sites for hydroxylation is 1. The Bertz CT molecular complexity index is 1770. The lowest BCUT2D eigenvalue weighted by Gasteiger charge is -2.19. The maximum atomic E-state index is 14.1. The molecule has 2 aromatic heterocycles. The topological polar surface area (TPSA) is 151 Å². The molecule has 3 N–H and O–H groups in total. The van der Waals surface area contributed by atoms with Gasteiger partial charge in [0.25, 0.3) is 5.91 Å². The average Bonchev–Trinajstić information content (AvgIpc) is 3.49. The molecule has 0 unspecified atom stereocenters. The van der Waals surface area contributed by atoms with Gasteiger partial charge in [0.05, 0.1) is 56.7 Å². The molecule has 244 valence electrons. The fraction of sp³-hybridized carbons (Fsp3) is 0.310. The average molecular weight is 662 g/mol. The van der Waals surface area contributed by atoms with E-state index in [1.165, 1.54) is 26.4 Å². The van der Waals surface area contributed by atoms with Crippen molar-refractivity contribution in [2.45, 2.75) is 32.2 Å². The summed E-state index contributed by atoms with van der Waals surface area (Å²) in [5.41, 5.74) is 3.17. The Morgan fingerprint density at radius 3 is 2.65 bits per heavy atom. The molecule has 8 bridgehead atoms. The van der Waals surface area contributed by atoms with E-state index in [0.29, 0.717) is 41.5 Å². The first-order valence-electron chi connectivity index (χ1n) is 14.1. The van der Waals surface area contributed by atoms with Gasteiger partial charge in [-0.25, -0.2) is 10.5 Å². The van der Waals surface area contributed by atoms with Crippen molar-refractivity contribution < 1.29 is 41.2 Å². The number of ether oxygens (including phenoxy) is 1. The Kier molecular flexibility index (Phi) is 9.91. The Balaban J connectivity index is 1.62. The lowest BCUT2D eigenvalue weighted by molar-refractivity contribution is -0.137. The van der Waals surface area contributed by atoms with Gasteiger partial charge in [0.15, 0.2) is 0 Å². The number of amides is 1. The van der Waals surface area contributed by atoms with E-state index in [1.807, 2.05) is 0 Å². The van der Waals surface area contributed by atoms with Crippen molar-refractivity contribution in [1.82, 2.24) is 25.2 Å². The molecule has 0 saturated heterocycles. The number of alkyl halides is 3. The third kappa shape index (κ3) is 7.65. The molecule has 2 aromatic carbocycles. The van der Waals surface area contributed by atoms with Crippen LogP contribution >= 0.6 is 7.60 Å². The number of hydrogen-bond donors (Lipinski definition) is 3. The predicted octanol–water partition coefficient (Wildman–Crippen LogP) is 6.30. The molecule has 0 radical (unpaired) electrons. The maximum absolute atomic E-state index is 14.1. The molecule has 8 rings (SSSR count). The Morgan fingerprint density at radius 2 is 1.91 bits per heavy atom. The van der Waals surface area contributed by atoms with Crippen molar-refractivity contribution in [3.05, 3.63) is 71.7 Å². The third-order valence-electron chi connectivity index (χ3n) is 6.81. The van der Waals surface area contributed by atoms with E-state index in [9.17, 15) is 22.5 Å². The normalized spacial score (nSPS) is 16.9. The van der Waals surface area contributed by atoms with Crippen LogP contribution in [-0.4, -0.2) is 53.1 Å². The fourth-order valence-electron chi connectivity index (χ4n) is 4.71. The van der Waals surface area contributed by atoms with E-state index in [4.69, 9.17) is 18.6 Å². The van der Waals surface area contributed by atoms with E-state index in [2.05, 4.69) is 31.2 Å². The number of carbonyl (C=O) groups excluding carboxylic acids is 1. The molecule has 13 nitrogen and oxygen atoms in total. The van der Waals surface area contributed by atoms with Crippen LogP contribution in [0, 0.1) is 0 Å². The quantitative estimate of drug-likeness (QED) is 0.163. The number of halogens is 3. The van der Waals surface area contributed by atoms with E-state index < -0.39 is 31.1 Å². The number of hydrogen-bond acceptors (Lipinski definition) is 11. The summed E-state index contributed by atoms with van der Waals surface area (Å²) in [5.74, 6) is -1.23. The van der Waals surface area contributed by atoms with Crippen LogP contribution in [0.15, 0.2) is 55.0 Å². The van der Waals surface area contributed by atoms with Gasteiger partial charge in [-0.05, 0) is 48.7 Å². The second-order valence-corrected chi connectivity index (χ2v) is 12.1. The number of aromatic nitrogens is 4.